The van der Waals surface area contributed by atoms with Crippen LogP contribution in [-0.2, 0) is 11.2 Å². The SMILES string of the molecule is CCN(CC)C(=O)Cc1cc(OC)ncc1C. The lowest BCUT2D eigenvalue weighted by Crippen LogP contribution is -2.31. The van der Waals surface area contributed by atoms with Crippen LogP contribution in [0.3, 0.4) is 0 Å². The molecule has 0 fully saturated rings. The highest BCUT2D eigenvalue weighted by Gasteiger charge is 2.12. The monoisotopic (exact) mass is 236 g/mol. The number of likely N-dealkylation sites (N-methyl/N-ethyl adjacent to an activating group) is 1. The van der Waals surface area contributed by atoms with Gasteiger partial charge in [0.25, 0.3) is 0 Å². The maximum atomic E-state index is 12.0. The number of aryl methyl sites for hydroxylation is 1. The van der Waals surface area contributed by atoms with Crippen LogP contribution in [0, 0.1) is 6.92 Å². The predicted molar refractivity (Wildman–Crippen MR) is 67.2 cm³/mol. The molecule has 1 rings (SSSR count). The topological polar surface area (TPSA) is 42.4 Å². The molecule has 1 aromatic heterocycles. The molecule has 1 aromatic rings. The van der Waals surface area contributed by atoms with E-state index in [9.17, 15) is 4.79 Å². The van der Waals surface area contributed by atoms with Gasteiger partial charge in [-0.3, -0.25) is 4.79 Å². The zero-order chi connectivity index (χ0) is 12.8. The zero-order valence-electron chi connectivity index (χ0n) is 11.0. The van der Waals surface area contributed by atoms with E-state index in [0.29, 0.717) is 12.3 Å². The van der Waals surface area contributed by atoms with E-state index in [1.165, 1.54) is 0 Å². The molecule has 0 spiro atoms. The summed E-state index contributed by atoms with van der Waals surface area (Å²) in [5.74, 6) is 0.698. The second-order valence-electron chi connectivity index (χ2n) is 3.90. The lowest BCUT2D eigenvalue weighted by Gasteiger charge is -2.19. The first-order valence-corrected chi connectivity index (χ1v) is 5.89. The lowest BCUT2D eigenvalue weighted by atomic mass is 10.1. The summed E-state index contributed by atoms with van der Waals surface area (Å²) in [4.78, 5) is 17.9. The van der Waals surface area contributed by atoms with Crippen LogP contribution in [0.25, 0.3) is 0 Å². The summed E-state index contributed by atoms with van der Waals surface area (Å²) in [6.07, 6.45) is 2.15. The van der Waals surface area contributed by atoms with Gasteiger partial charge >= 0.3 is 0 Å². The molecule has 94 valence electrons. The van der Waals surface area contributed by atoms with Gasteiger partial charge in [0.15, 0.2) is 0 Å². The van der Waals surface area contributed by atoms with Crippen LogP contribution in [0.1, 0.15) is 25.0 Å². The van der Waals surface area contributed by atoms with Crippen molar-refractivity contribution in [3.05, 3.63) is 23.4 Å². The number of hydrogen-bond donors (Lipinski definition) is 0. The van der Waals surface area contributed by atoms with Gasteiger partial charge in [-0.15, -0.1) is 0 Å². The first-order valence-electron chi connectivity index (χ1n) is 5.89. The number of carbonyl (C=O) groups is 1. The molecule has 0 aliphatic rings. The average molecular weight is 236 g/mol. The number of rotatable bonds is 5. The molecular weight excluding hydrogens is 216 g/mol. The van der Waals surface area contributed by atoms with Gasteiger partial charge in [-0.25, -0.2) is 4.98 Å². The van der Waals surface area contributed by atoms with Crippen molar-refractivity contribution in [2.45, 2.75) is 27.2 Å². The third kappa shape index (κ3) is 3.44. The maximum Gasteiger partial charge on any atom is 0.226 e. The van der Waals surface area contributed by atoms with Gasteiger partial charge in [0, 0.05) is 25.4 Å². The summed E-state index contributed by atoms with van der Waals surface area (Å²) in [6.45, 7) is 7.42. The molecule has 17 heavy (non-hydrogen) atoms. The van der Waals surface area contributed by atoms with Crippen molar-refractivity contribution < 1.29 is 9.53 Å². The summed E-state index contributed by atoms with van der Waals surface area (Å²) in [7, 11) is 1.58. The van der Waals surface area contributed by atoms with Crippen LogP contribution in [-0.4, -0.2) is 36.0 Å². The average Bonchev–Trinajstić information content (AvgIpc) is 2.33. The van der Waals surface area contributed by atoms with Gasteiger partial charge < -0.3 is 9.64 Å². The summed E-state index contributed by atoms with van der Waals surface area (Å²) in [5.41, 5.74) is 2.00. The van der Waals surface area contributed by atoms with Gasteiger partial charge in [0.05, 0.1) is 13.5 Å². The number of aromatic nitrogens is 1. The normalized spacial score (nSPS) is 10.1. The number of methoxy groups -OCH3 is 1. The summed E-state index contributed by atoms with van der Waals surface area (Å²) in [5, 5.41) is 0. The van der Waals surface area contributed by atoms with Crippen molar-refractivity contribution in [1.29, 1.82) is 0 Å². The minimum atomic E-state index is 0.145. The number of amides is 1. The van der Waals surface area contributed by atoms with Crippen molar-refractivity contribution >= 4 is 5.91 Å². The van der Waals surface area contributed by atoms with Crippen LogP contribution < -0.4 is 4.74 Å². The van der Waals surface area contributed by atoms with Crippen LogP contribution in [0.4, 0.5) is 0 Å². The predicted octanol–water partition coefficient (Wildman–Crippen LogP) is 1.81. The smallest absolute Gasteiger partial charge is 0.226 e. The van der Waals surface area contributed by atoms with E-state index in [1.807, 2.05) is 31.7 Å². The molecule has 0 radical (unpaired) electrons. The lowest BCUT2D eigenvalue weighted by molar-refractivity contribution is -0.130. The fourth-order valence-corrected chi connectivity index (χ4v) is 1.70. The molecule has 0 aliphatic carbocycles. The van der Waals surface area contributed by atoms with E-state index in [1.54, 1.807) is 13.3 Å². The Morgan fingerprint density at radius 3 is 2.59 bits per heavy atom. The third-order valence-corrected chi connectivity index (χ3v) is 2.86. The Hall–Kier alpha value is -1.58. The minimum Gasteiger partial charge on any atom is -0.481 e. The first kappa shape index (κ1) is 13.5. The standard InChI is InChI=1S/C13H20N2O2/c1-5-15(6-2)13(16)8-11-7-12(17-4)14-9-10(11)3/h7,9H,5-6,8H2,1-4H3. The van der Waals surface area contributed by atoms with E-state index >= 15 is 0 Å². The molecule has 4 heteroatoms. The molecule has 0 bridgehead atoms. The van der Waals surface area contributed by atoms with E-state index in [2.05, 4.69) is 4.98 Å². The van der Waals surface area contributed by atoms with E-state index in [-0.39, 0.29) is 5.91 Å². The molecule has 0 aliphatic heterocycles. The fourth-order valence-electron chi connectivity index (χ4n) is 1.70. The summed E-state index contributed by atoms with van der Waals surface area (Å²) >= 11 is 0. The highest BCUT2D eigenvalue weighted by Crippen LogP contribution is 2.15. The Kier molecular flexibility index (Phi) is 4.94. The number of pyridine rings is 1. The molecule has 0 unspecified atom stereocenters. The van der Waals surface area contributed by atoms with Gasteiger partial charge in [-0.1, -0.05) is 0 Å². The quantitative estimate of drug-likeness (QED) is 0.783. The van der Waals surface area contributed by atoms with Crippen molar-refractivity contribution in [2.75, 3.05) is 20.2 Å². The minimum absolute atomic E-state index is 0.145. The molecule has 0 N–H and O–H groups in total. The van der Waals surface area contributed by atoms with Gasteiger partial charge in [0.1, 0.15) is 0 Å². The second kappa shape index (κ2) is 6.23. The molecule has 1 amide bonds. The zero-order valence-corrected chi connectivity index (χ0v) is 11.0. The first-order chi connectivity index (χ1) is 8.12. The largest absolute Gasteiger partial charge is 0.481 e. The molecule has 0 aromatic carbocycles. The van der Waals surface area contributed by atoms with Crippen molar-refractivity contribution in [3.63, 3.8) is 0 Å². The van der Waals surface area contributed by atoms with E-state index < -0.39 is 0 Å². The number of carbonyl (C=O) groups excluding carboxylic acids is 1. The molecule has 4 nitrogen and oxygen atoms in total. The van der Waals surface area contributed by atoms with Gasteiger partial charge in [-0.2, -0.15) is 0 Å². The summed E-state index contributed by atoms with van der Waals surface area (Å²) < 4.78 is 5.07. The summed E-state index contributed by atoms with van der Waals surface area (Å²) in [6, 6.07) is 1.83. The van der Waals surface area contributed by atoms with Gasteiger partial charge in [-0.05, 0) is 31.9 Å². The Labute approximate surface area is 103 Å². The van der Waals surface area contributed by atoms with Crippen LogP contribution >= 0.6 is 0 Å². The maximum absolute atomic E-state index is 12.0. The fraction of sp³-hybridized carbons (Fsp3) is 0.538. The van der Waals surface area contributed by atoms with Crippen molar-refractivity contribution in [1.82, 2.24) is 9.88 Å². The van der Waals surface area contributed by atoms with E-state index in [0.717, 1.165) is 24.2 Å². The van der Waals surface area contributed by atoms with Gasteiger partial charge in [0.2, 0.25) is 11.8 Å². The molecule has 0 saturated heterocycles. The van der Waals surface area contributed by atoms with Crippen molar-refractivity contribution in [2.24, 2.45) is 0 Å². The number of ether oxygens (including phenoxy) is 1. The van der Waals surface area contributed by atoms with E-state index in [4.69, 9.17) is 4.74 Å². The van der Waals surface area contributed by atoms with Crippen molar-refractivity contribution in [3.8, 4) is 5.88 Å². The molecule has 0 atom stereocenters. The Morgan fingerprint density at radius 2 is 2.06 bits per heavy atom. The third-order valence-electron chi connectivity index (χ3n) is 2.86. The highest BCUT2D eigenvalue weighted by molar-refractivity contribution is 5.79. The van der Waals surface area contributed by atoms with Crippen LogP contribution in [0.2, 0.25) is 0 Å². The van der Waals surface area contributed by atoms with Crippen LogP contribution in [0.15, 0.2) is 12.3 Å². The highest BCUT2D eigenvalue weighted by atomic mass is 16.5. The Balaban J connectivity index is 2.83. The Bertz CT molecular complexity index is 387. The molecule has 0 saturated carbocycles. The number of nitrogens with zero attached hydrogens (tertiary/aromatic N) is 2. The molecular formula is C13H20N2O2. The molecule has 1 heterocycles. The number of hydrogen-bond acceptors (Lipinski definition) is 3. The second-order valence-corrected chi connectivity index (χ2v) is 3.90. The Morgan fingerprint density at radius 1 is 1.41 bits per heavy atom. The van der Waals surface area contributed by atoms with Crippen LogP contribution in [0.5, 0.6) is 5.88 Å².